The van der Waals surface area contributed by atoms with Crippen LogP contribution in [0.15, 0.2) is 18.2 Å². The van der Waals surface area contributed by atoms with Gasteiger partial charge in [-0.25, -0.2) is 0 Å². The van der Waals surface area contributed by atoms with Crippen LogP contribution in [0.25, 0.3) is 0 Å². The van der Waals surface area contributed by atoms with Crippen LogP contribution in [0.3, 0.4) is 0 Å². The lowest BCUT2D eigenvalue weighted by atomic mass is 10.0. The minimum Gasteiger partial charge on any atom is -0.355 e. The second-order valence-electron chi connectivity index (χ2n) is 6.51. The number of hydrogen-bond acceptors (Lipinski definition) is 4. The van der Waals surface area contributed by atoms with Crippen molar-refractivity contribution in [2.75, 3.05) is 44.6 Å². The van der Waals surface area contributed by atoms with Gasteiger partial charge in [0.1, 0.15) is 0 Å². The van der Waals surface area contributed by atoms with Gasteiger partial charge in [0, 0.05) is 51.4 Å². The molecule has 1 saturated heterocycles. The van der Waals surface area contributed by atoms with Crippen molar-refractivity contribution in [1.82, 2.24) is 15.5 Å². The maximum absolute atomic E-state index is 11.9. The number of anilines is 1. The topological polar surface area (TPSA) is 73.5 Å². The van der Waals surface area contributed by atoms with E-state index in [1.165, 1.54) is 5.56 Å². The lowest BCUT2D eigenvalue weighted by Gasteiger charge is -2.27. The van der Waals surface area contributed by atoms with Gasteiger partial charge in [-0.2, -0.15) is 0 Å². The van der Waals surface area contributed by atoms with Gasteiger partial charge >= 0.3 is 0 Å². The van der Waals surface area contributed by atoms with Gasteiger partial charge in [0.2, 0.25) is 11.8 Å². The molecule has 1 aromatic carbocycles. The average Bonchev–Trinajstić information content (AvgIpc) is 2.95. The molecule has 0 bridgehead atoms. The standard InChI is InChI=1S/C18H26N4O2/c23-17(20-8-11-22-9-6-19-7-10-22)3-1-2-14-4-5-16-15(12-14)13-18(24)21-16/h4-5,12,19H,1-3,6-11,13H2,(H,20,23)(H,21,24). The fourth-order valence-electron chi connectivity index (χ4n) is 3.27. The number of hydrogen-bond donors (Lipinski definition) is 3. The van der Waals surface area contributed by atoms with Gasteiger partial charge in [0.15, 0.2) is 0 Å². The lowest BCUT2D eigenvalue weighted by Crippen LogP contribution is -2.46. The van der Waals surface area contributed by atoms with E-state index in [9.17, 15) is 9.59 Å². The summed E-state index contributed by atoms with van der Waals surface area (Å²) < 4.78 is 0. The summed E-state index contributed by atoms with van der Waals surface area (Å²) in [5.41, 5.74) is 3.19. The SMILES string of the molecule is O=C(CCCc1ccc2c(c1)CC(=O)N2)NCCN1CCNCC1. The molecule has 2 aliphatic rings. The zero-order valence-corrected chi connectivity index (χ0v) is 14.1. The van der Waals surface area contributed by atoms with E-state index in [2.05, 4.69) is 26.9 Å². The summed E-state index contributed by atoms with van der Waals surface area (Å²) in [6, 6.07) is 6.07. The van der Waals surface area contributed by atoms with E-state index in [-0.39, 0.29) is 11.8 Å². The van der Waals surface area contributed by atoms with Crippen molar-refractivity contribution in [3.8, 4) is 0 Å². The Bertz CT molecular complexity index is 597. The van der Waals surface area contributed by atoms with Gasteiger partial charge in [0.05, 0.1) is 6.42 Å². The highest BCUT2D eigenvalue weighted by Crippen LogP contribution is 2.24. The smallest absolute Gasteiger partial charge is 0.228 e. The molecule has 6 heteroatoms. The molecule has 0 spiro atoms. The van der Waals surface area contributed by atoms with E-state index in [0.717, 1.165) is 63.4 Å². The number of nitrogens with one attached hydrogen (secondary N) is 3. The highest BCUT2D eigenvalue weighted by molar-refractivity contribution is 5.99. The van der Waals surface area contributed by atoms with E-state index in [4.69, 9.17) is 0 Å². The fraction of sp³-hybridized carbons (Fsp3) is 0.556. The van der Waals surface area contributed by atoms with Crippen LogP contribution < -0.4 is 16.0 Å². The van der Waals surface area contributed by atoms with Crippen LogP contribution in [0, 0.1) is 0 Å². The Labute approximate surface area is 143 Å². The molecule has 6 nitrogen and oxygen atoms in total. The molecule has 1 fully saturated rings. The third-order valence-electron chi connectivity index (χ3n) is 4.62. The first kappa shape index (κ1) is 16.9. The van der Waals surface area contributed by atoms with Crippen LogP contribution in [0.5, 0.6) is 0 Å². The van der Waals surface area contributed by atoms with Crippen LogP contribution in [-0.4, -0.2) is 56.0 Å². The number of benzene rings is 1. The summed E-state index contributed by atoms with van der Waals surface area (Å²) >= 11 is 0. The van der Waals surface area contributed by atoms with E-state index in [1.54, 1.807) is 0 Å². The number of nitrogens with zero attached hydrogens (tertiary/aromatic N) is 1. The molecule has 1 aromatic rings. The van der Waals surface area contributed by atoms with Gasteiger partial charge in [-0.1, -0.05) is 12.1 Å². The molecule has 2 aliphatic heterocycles. The highest BCUT2D eigenvalue weighted by atomic mass is 16.2. The Morgan fingerprint density at radius 2 is 2.08 bits per heavy atom. The molecule has 0 radical (unpaired) electrons. The minimum absolute atomic E-state index is 0.0611. The van der Waals surface area contributed by atoms with E-state index >= 15 is 0 Å². The lowest BCUT2D eigenvalue weighted by molar-refractivity contribution is -0.121. The number of rotatable bonds is 7. The van der Waals surface area contributed by atoms with Gasteiger partial charge in [0.25, 0.3) is 0 Å². The largest absolute Gasteiger partial charge is 0.355 e. The summed E-state index contributed by atoms with van der Waals surface area (Å²) in [5, 5.41) is 9.17. The molecule has 0 atom stereocenters. The first-order valence-electron chi connectivity index (χ1n) is 8.82. The number of carbonyl (C=O) groups excluding carboxylic acids is 2. The van der Waals surface area contributed by atoms with Crippen LogP contribution in [0.4, 0.5) is 5.69 Å². The Balaban J connectivity index is 1.32. The Morgan fingerprint density at radius 3 is 2.92 bits per heavy atom. The molecule has 2 amide bonds. The summed E-state index contributed by atoms with van der Waals surface area (Å²) in [6.45, 7) is 5.85. The van der Waals surface area contributed by atoms with Crippen LogP contribution in [0.1, 0.15) is 24.0 Å². The molecule has 0 unspecified atom stereocenters. The first-order chi connectivity index (χ1) is 11.7. The number of fused-ring (bicyclic) bond motifs is 1. The second-order valence-corrected chi connectivity index (χ2v) is 6.51. The number of piperazine rings is 1. The third-order valence-corrected chi connectivity index (χ3v) is 4.62. The van der Waals surface area contributed by atoms with Crippen LogP contribution >= 0.6 is 0 Å². The van der Waals surface area contributed by atoms with Crippen LogP contribution in [-0.2, 0) is 22.4 Å². The molecule has 130 valence electrons. The van der Waals surface area contributed by atoms with Gasteiger partial charge < -0.3 is 16.0 Å². The maximum Gasteiger partial charge on any atom is 0.228 e. The minimum atomic E-state index is 0.0611. The molecular weight excluding hydrogens is 304 g/mol. The molecule has 0 aromatic heterocycles. The van der Waals surface area contributed by atoms with Crippen molar-refractivity contribution in [2.45, 2.75) is 25.7 Å². The van der Waals surface area contributed by atoms with E-state index < -0.39 is 0 Å². The van der Waals surface area contributed by atoms with Gasteiger partial charge in [-0.05, 0) is 30.0 Å². The zero-order valence-electron chi connectivity index (χ0n) is 14.1. The highest BCUT2D eigenvalue weighted by Gasteiger charge is 2.17. The number of carbonyl (C=O) groups is 2. The van der Waals surface area contributed by atoms with Crippen molar-refractivity contribution in [1.29, 1.82) is 0 Å². The van der Waals surface area contributed by atoms with Crippen molar-refractivity contribution in [3.63, 3.8) is 0 Å². The Hall–Kier alpha value is -1.92. The van der Waals surface area contributed by atoms with Crippen molar-refractivity contribution in [2.24, 2.45) is 0 Å². The molecule has 0 saturated carbocycles. The van der Waals surface area contributed by atoms with Gasteiger partial charge in [-0.15, -0.1) is 0 Å². The predicted octanol–water partition coefficient (Wildman–Crippen LogP) is 0.525. The Morgan fingerprint density at radius 1 is 1.25 bits per heavy atom. The van der Waals surface area contributed by atoms with E-state index in [0.29, 0.717) is 12.8 Å². The summed E-state index contributed by atoms with van der Waals surface area (Å²) in [4.78, 5) is 25.6. The fourth-order valence-corrected chi connectivity index (χ4v) is 3.27. The Kier molecular flexibility index (Phi) is 5.82. The van der Waals surface area contributed by atoms with Gasteiger partial charge in [-0.3, -0.25) is 14.5 Å². The van der Waals surface area contributed by atoms with E-state index in [1.807, 2.05) is 12.1 Å². The van der Waals surface area contributed by atoms with Crippen molar-refractivity contribution < 1.29 is 9.59 Å². The van der Waals surface area contributed by atoms with Crippen molar-refractivity contribution in [3.05, 3.63) is 29.3 Å². The first-order valence-corrected chi connectivity index (χ1v) is 8.82. The predicted molar refractivity (Wildman–Crippen MR) is 94.0 cm³/mol. The molecule has 0 aliphatic carbocycles. The molecule has 3 N–H and O–H groups in total. The van der Waals surface area contributed by atoms with Crippen LogP contribution in [0.2, 0.25) is 0 Å². The summed E-state index contributed by atoms with van der Waals surface area (Å²) in [6.07, 6.45) is 2.72. The second kappa shape index (κ2) is 8.26. The quantitative estimate of drug-likeness (QED) is 0.682. The van der Waals surface area contributed by atoms with Crippen molar-refractivity contribution >= 4 is 17.5 Å². The zero-order chi connectivity index (χ0) is 16.8. The summed E-state index contributed by atoms with van der Waals surface area (Å²) in [5.74, 6) is 0.189. The molecule has 2 heterocycles. The summed E-state index contributed by atoms with van der Waals surface area (Å²) in [7, 11) is 0. The molecule has 3 rings (SSSR count). The molecular formula is C18H26N4O2. The monoisotopic (exact) mass is 330 g/mol. The maximum atomic E-state index is 11.9. The average molecular weight is 330 g/mol. The third kappa shape index (κ3) is 4.79. The molecule has 24 heavy (non-hydrogen) atoms. The number of amides is 2. The number of aryl methyl sites for hydroxylation is 1. The normalized spacial score (nSPS) is 17.4.